The molecule has 1 aromatic heterocycles. The zero-order valence-corrected chi connectivity index (χ0v) is 5.84. The molecule has 0 unspecified atom stereocenters. The van der Waals surface area contributed by atoms with Gasteiger partial charge in [0.1, 0.15) is 11.9 Å². The Balaban J connectivity index is 2.77. The Hall–Kier alpha value is -2.08. The van der Waals surface area contributed by atoms with Crippen molar-refractivity contribution in [2.45, 2.75) is 6.54 Å². The van der Waals surface area contributed by atoms with Gasteiger partial charge in [0, 0.05) is 4.91 Å². The van der Waals surface area contributed by atoms with Crippen LogP contribution >= 0.6 is 0 Å². The number of hydrogen-bond acceptors (Lipinski definition) is 4. The number of azide groups is 1. The molecule has 1 rings (SSSR count). The van der Waals surface area contributed by atoms with Crippen molar-refractivity contribution in [2.75, 3.05) is 0 Å². The predicted octanol–water partition coefficient (Wildman–Crippen LogP) is 1.13. The molecule has 0 saturated carbocycles. The van der Waals surface area contributed by atoms with Crippen molar-refractivity contribution in [3.05, 3.63) is 32.4 Å². The number of aromatic amines is 1. The van der Waals surface area contributed by atoms with Gasteiger partial charge in [0.2, 0.25) is 0 Å². The van der Waals surface area contributed by atoms with Crippen LogP contribution in [0.15, 0.2) is 11.3 Å². The average Bonchev–Trinajstić information content (AvgIpc) is 2.48. The molecule has 0 amide bonds. The minimum atomic E-state index is -0.653. The lowest BCUT2D eigenvalue weighted by atomic mass is 10.5. The van der Waals surface area contributed by atoms with Crippen LogP contribution in [0.3, 0.4) is 0 Å². The smallest absolute Gasteiger partial charge is 0.390 e. The van der Waals surface area contributed by atoms with E-state index >= 15 is 0 Å². The molecule has 1 N–H and O–H groups in total. The van der Waals surface area contributed by atoms with Crippen LogP contribution in [0, 0.1) is 10.1 Å². The second-order valence-electron chi connectivity index (χ2n) is 1.88. The van der Waals surface area contributed by atoms with E-state index in [-0.39, 0.29) is 12.5 Å². The number of H-pyrrole nitrogens is 1. The number of nitro groups is 1. The molecule has 8 heteroatoms. The number of hydrogen-bond donors (Lipinski definition) is 1. The van der Waals surface area contributed by atoms with Crippen molar-refractivity contribution >= 4 is 5.95 Å². The number of nitrogens with zero attached hydrogens (tertiary/aromatic N) is 5. The van der Waals surface area contributed by atoms with Crippen molar-refractivity contribution in [1.82, 2.24) is 9.97 Å². The highest BCUT2D eigenvalue weighted by Gasteiger charge is 2.09. The summed E-state index contributed by atoms with van der Waals surface area (Å²) < 4.78 is 0. The van der Waals surface area contributed by atoms with Crippen molar-refractivity contribution in [2.24, 2.45) is 5.11 Å². The molecule has 62 valence electrons. The molecule has 1 aromatic rings. The maximum Gasteiger partial charge on any atom is 0.432 e. The molecule has 0 bridgehead atoms. The first-order valence-corrected chi connectivity index (χ1v) is 2.93. The zero-order chi connectivity index (χ0) is 8.97. The summed E-state index contributed by atoms with van der Waals surface area (Å²) in [5.74, 6) is -0.349. The molecule has 0 fully saturated rings. The van der Waals surface area contributed by atoms with Gasteiger partial charge in [0.05, 0.1) is 6.54 Å². The second kappa shape index (κ2) is 3.35. The Morgan fingerprint density at radius 3 is 3.17 bits per heavy atom. The van der Waals surface area contributed by atoms with Crippen LogP contribution in [0.2, 0.25) is 0 Å². The summed E-state index contributed by atoms with van der Waals surface area (Å²) in [6, 6.07) is 0. The van der Waals surface area contributed by atoms with Gasteiger partial charge in [-0.3, -0.25) is 0 Å². The summed E-state index contributed by atoms with van der Waals surface area (Å²) in [4.78, 5) is 17.7. The Kier molecular flexibility index (Phi) is 2.24. The molecule has 0 aromatic carbocycles. The summed E-state index contributed by atoms with van der Waals surface area (Å²) in [5.41, 5.74) is 8.35. The van der Waals surface area contributed by atoms with Crippen LogP contribution in [0.1, 0.15) is 5.69 Å². The quantitative estimate of drug-likeness (QED) is 0.239. The maximum atomic E-state index is 10.1. The first kappa shape index (κ1) is 8.02. The third-order valence-corrected chi connectivity index (χ3v) is 1.09. The van der Waals surface area contributed by atoms with Gasteiger partial charge >= 0.3 is 5.95 Å². The first-order valence-electron chi connectivity index (χ1n) is 2.93. The van der Waals surface area contributed by atoms with E-state index in [4.69, 9.17) is 5.53 Å². The Bertz CT molecular complexity index is 337. The van der Waals surface area contributed by atoms with E-state index in [1.54, 1.807) is 0 Å². The van der Waals surface area contributed by atoms with Gasteiger partial charge in [-0.25, -0.2) is 4.98 Å². The van der Waals surface area contributed by atoms with E-state index in [9.17, 15) is 10.1 Å². The highest BCUT2D eigenvalue weighted by atomic mass is 16.6. The van der Waals surface area contributed by atoms with Gasteiger partial charge < -0.3 is 10.1 Å². The van der Waals surface area contributed by atoms with E-state index < -0.39 is 4.92 Å². The van der Waals surface area contributed by atoms with E-state index in [0.717, 1.165) is 0 Å². The highest BCUT2D eigenvalue weighted by Crippen LogP contribution is 2.05. The largest absolute Gasteiger partial charge is 0.432 e. The molecule has 0 saturated heterocycles. The van der Waals surface area contributed by atoms with Gasteiger partial charge in [-0.05, 0) is 10.5 Å². The monoisotopic (exact) mass is 168 g/mol. The molecular formula is C4H4N6O2. The van der Waals surface area contributed by atoms with E-state index in [1.807, 2.05) is 0 Å². The van der Waals surface area contributed by atoms with Crippen molar-refractivity contribution in [3.63, 3.8) is 0 Å². The topological polar surface area (TPSA) is 121 Å². The van der Waals surface area contributed by atoms with Crippen LogP contribution < -0.4 is 0 Å². The first-order chi connectivity index (χ1) is 5.74. The van der Waals surface area contributed by atoms with Crippen LogP contribution in [0.5, 0.6) is 0 Å². The minimum absolute atomic E-state index is 0.0390. The normalized spacial score (nSPS) is 9.00. The van der Waals surface area contributed by atoms with Crippen molar-refractivity contribution in [1.29, 1.82) is 0 Å². The van der Waals surface area contributed by atoms with Crippen LogP contribution in [0.4, 0.5) is 5.95 Å². The average molecular weight is 168 g/mol. The van der Waals surface area contributed by atoms with Crippen LogP contribution in [-0.2, 0) is 6.54 Å². The van der Waals surface area contributed by atoms with Gasteiger partial charge in [0.25, 0.3) is 0 Å². The lowest BCUT2D eigenvalue weighted by Crippen LogP contribution is -1.89. The zero-order valence-electron chi connectivity index (χ0n) is 5.84. The van der Waals surface area contributed by atoms with Gasteiger partial charge in [0.15, 0.2) is 0 Å². The molecular weight excluding hydrogens is 164 g/mol. The predicted molar refractivity (Wildman–Crippen MR) is 38.1 cm³/mol. The summed E-state index contributed by atoms with van der Waals surface area (Å²) in [5, 5.41) is 13.3. The fraction of sp³-hybridized carbons (Fsp3) is 0.250. The summed E-state index contributed by atoms with van der Waals surface area (Å²) in [6.45, 7) is 0.0390. The molecule has 1 heterocycles. The molecule has 0 aliphatic heterocycles. The SMILES string of the molecule is [N-]=[N+]=NCc1cnc([N+](=O)[O-])[nH]1. The number of imidazole rings is 1. The summed E-state index contributed by atoms with van der Waals surface area (Å²) in [7, 11) is 0. The molecule has 8 nitrogen and oxygen atoms in total. The number of aromatic nitrogens is 2. The maximum absolute atomic E-state index is 10.1. The fourth-order valence-corrected chi connectivity index (χ4v) is 0.628. The van der Waals surface area contributed by atoms with Crippen LogP contribution in [-0.4, -0.2) is 14.9 Å². The van der Waals surface area contributed by atoms with E-state index in [2.05, 4.69) is 20.0 Å². The molecule has 0 aliphatic carbocycles. The summed E-state index contributed by atoms with van der Waals surface area (Å²) in [6.07, 6.45) is 1.26. The standard InChI is InChI=1S/C4H4N6O2/c5-9-7-2-3-1-6-4(8-3)10(11)12/h1H,2H2,(H,6,8). The van der Waals surface area contributed by atoms with E-state index in [1.165, 1.54) is 6.20 Å². The van der Waals surface area contributed by atoms with Crippen molar-refractivity contribution in [3.8, 4) is 0 Å². The number of nitrogens with one attached hydrogen (secondary N) is 1. The highest BCUT2D eigenvalue weighted by molar-refractivity contribution is 5.10. The lowest BCUT2D eigenvalue weighted by Gasteiger charge is -1.86. The third-order valence-electron chi connectivity index (χ3n) is 1.09. The molecule has 0 atom stereocenters. The van der Waals surface area contributed by atoms with Gasteiger partial charge in [-0.2, -0.15) is 0 Å². The molecule has 12 heavy (non-hydrogen) atoms. The molecule has 0 radical (unpaired) electrons. The second-order valence-corrected chi connectivity index (χ2v) is 1.88. The Morgan fingerprint density at radius 2 is 2.67 bits per heavy atom. The number of rotatable bonds is 3. The fourth-order valence-electron chi connectivity index (χ4n) is 0.628. The van der Waals surface area contributed by atoms with Gasteiger partial charge in [-0.15, -0.1) is 0 Å². The van der Waals surface area contributed by atoms with Crippen molar-refractivity contribution < 1.29 is 4.92 Å². The Morgan fingerprint density at radius 1 is 1.92 bits per heavy atom. The summed E-state index contributed by atoms with van der Waals surface area (Å²) >= 11 is 0. The van der Waals surface area contributed by atoms with Crippen LogP contribution in [0.25, 0.3) is 10.4 Å². The minimum Gasteiger partial charge on any atom is -0.390 e. The third kappa shape index (κ3) is 1.70. The van der Waals surface area contributed by atoms with Gasteiger partial charge in [-0.1, -0.05) is 10.1 Å². The van der Waals surface area contributed by atoms with E-state index in [0.29, 0.717) is 5.69 Å². The molecule has 0 spiro atoms. The Labute approximate surface area is 66.0 Å². The lowest BCUT2D eigenvalue weighted by molar-refractivity contribution is -0.393. The molecule has 0 aliphatic rings.